The van der Waals surface area contributed by atoms with Crippen LogP contribution < -0.4 is 21.7 Å². The van der Waals surface area contributed by atoms with Crippen molar-refractivity contribution in [3.8, 4) is 11.5 Å². The standard InChI is InChI=1S/C24H30N4O8/c1-13(24(35)36)26-22(33)19(11-15-4-8-17(31)9-5-15)27-23(34)20(12-29)28-21(32)18(25)10-14-2-6-16(30)7-3-14/h2-9,13,18-20,29-31H,10-12,25H2,1H3,(H,26,33)(H,27,34)(H,28,32)(H,35,36). The monoisotopic (exact) mass is 502 g/mol. The van der Waals surface area contributed by atoms with E-state index in [-0.39, 0.29) is 24.3 Å². The van der Waals surface area contributed by atoms with Crippen molar-refractivity contribution in [3.05, 3.63) is 59.7 Å². The molecule has 4 atom stereocenters. The molecule has 4 unspecified atom stereocenters. The van der Waals surface area contributed by atoms with Crippen molar-refractivity contribution in [1.29, 1.82) is 0 Å². The summed E-state index contributed by atoms with van der Waals surface area (Å²) in [6.45, 7) is 0.467. The molecule has 9 N–H and O–H groups in total. The van der Waals surface area contributed by atoms with E-state index in [1.54, 1.807) is 12.1 Å². The molecule has 194 valence electrons. The number of phenols is 2. The molecular weight excluding hydrogens is 472 g/mol. The minimum Gasteiger partial charge on any atom is -0.508 e. The predicted octanol–water partition coefficient (Wildman–Crippen LogP) is -1.24. The summed E-state index contributed by atoms with van der Waals surface area (Å²) in [5, 5.41) is 44.6. The maximum Gasteiger partial charge on any atom is 0.325 e. The normalized spacial score (nSPS) is 14.1. The van der Waals surface area contributed by atoms with Crippen LogP contribution in [0, 0.1) is 0 Å². The Balaban J connectivity index is 2.09. The zero-order chi connectivity index (χ0) is 26.8. The van der Waals surface area contributed by atoms with E-state index in [4.69, 9.17) is 10.8 Å². The lowest BCUT2D eigenvalue weighted by molar-refractivity contribution is -0.141. The van der Waals surface area contributed by atoms with E-state index >= 15 is 0 Å². The second-order valence-electron chi connectivity index (χ2n) is 8.22. The number of carbonyl (C=O) groups is 4. The lowest BCUT2D eigenvalue weighted by atomic mass is 10.0. The molecule has 0 aliphatic heterocycles. The van der Waals surface area contributed by atoms with Crippen molar-refractivity contribution >= 4 is 23.7 Å². The lowest BCUT2D eigenvalue weighted by Crippen LogP contribution is -2.58. The van der Waals surface area contributed by atoms with Gasteiger partial charge in [-0.1, -0.05) is 24.3 Å². The number of benzene rings is 2. The fraction of sp³-hybridized carbons (Fsp3) is 0.333. The summed E-state index contributed by atoms with van der Waals surface area (Å²) in [6, 6.07) is 6.89. The molecule has 0 spiro atoms. The second kappa shape index (κ2) is 13.1. The number of aromatic hydroxyl groups is 2. The number of aliphatic carboxylic acids is 1. The quantitative estimate of drug-likeness (QED) is 0.174. The Morgan fingerprint density at radius 3 is 1.67 bits per heavy atom. The maximum absolute atomic E-state index is 12.8. The van der Waals surface area contributed by atoms with Crippen molar-refractivity contribution in [2.24, 2.45) is 5.73 Å². The number of hydrogen-bond acceptors (Lipinski definition) is 8. The van der Waals surface area contributed by atoms with Crippen molar-refractivity contribution in [3.63, 3.8) is 0 Å². The van der Waals surface area contributed by atoms with E-state index in [9.17, 15) is 34.5 Å². The highest BCUT2D eigenvalue weighted by Gasteiger charge is 2.29. The number of amides is 3. The van der Waals surface area contributed by atoms with Gasteiger partial charge in [-0.3, -0.25) is 19.2 Å². The molecule has 12 heteroatoms. The molecule has 0 aliphatic carbocycles. The van der Waals surface area contributed by atoms with E-state index in [0.29, 0.717) is 11.1 Å². The van der Waals surface area contributed by atoms with Crippen molar-refractivity contribution in [2.45, 2.75) is 43.9 Å². The summed E-state index contributed by atoms with van der Waals surface area (Å²) in [5.41, 5.74) is 7.13. The van der Waals surface area contributed by atoms with Crippen molar-refractivity contribution in [2.75, 3.05) is 6.61 Å². The number of hydrogen-bond donors (Lipinski definition) is 8. The number of carbonyl (C=O) groups excluding carboxylic acids is 3. The van der Waals surface area contributed by atoms with Crippen LogP contribution in [0.1, 0.15) is 18.1 Å². The van der Waals surface area contributed by atoms with Crippen LogP contribution in [0.25, 0.3) is 0 Å². The molecule has 2 aromatic rings. The Morgan fingerprint density at radius 2 is 1.19 bits per heavy atom. The number of carboxylic acid groups (broad SMARTS) is 1. The third-order valence-electron chi connectivity index (χ3n) is 5.28. The Bertz CT molecular complexity index is 1060. The summed E-state index contributed by atoms with van der Waals surface area (Å²) in [5.74, 6) is -3.63. The number of phenolic OH excluding ortho intramolecular Hbond substituents is 2. The van der Waals surface area contributed by atoms with Crippen LogP contribution in [-0.2, 0) is 32.0 Å². The molecule has 0 heterocycles. The Labute approximate surface area is 207 Å². The van der Waals surface area contributed by atoms with Gasteiger partial charge in [-0.2, -0.15) is 0 Å². The van der Waals surface area contributed by atoms with Crippen molar-refractivity contribution < 1.29 is 39.6 Å². The first kappa shape index (κ1) is 28.1. The zero-order valence-corrected chi connectivity index (χ0v) is 19.5. The number of carboxylic acids is 1. The van der Waals surface area contributed by atoms with Gasteiger partial charge in [0.25, 0.3) is 0 Å². The van der Waals surface area contributed by atoms with Gasteiger partial charge in [-0.15, -0.1) is 0 Å². The van der Waals surface area contributed by atoms with Crippen LogP contribution in [0.3, 0.4) is 0 Å². The van der Waals surface area contributed by atoms with Gasteiger partial charge in [0.1, 0.15) is 29.6 Å². The molecular formula is C24H30N4O8. The van der Waals surface area contributed by atoms with Gasteiger partial charge in [0.05, 0.1) is 12.6 Å². The number of aliphatic hydroxyl groups is 1. The minimum absolute atomic E-state index is 0.00464. The molecule has 0 saturated heterocycles. The van der Waals surface area contributed by atoms with Crippen LogP contribution in [0.4, 0.5) is 0 Å². The van der Waals surface area contributed by atoms with Crippen molar-refractivity contribution in [1.82, 2.24) is 16.0 Å². The molecule has 12 nitrogen and oxygen atoms in total. The molecule has 0 bridgehead atoms. The van der Waals surface area contributed by atoms with Crippen LogP contribution >= 0.6 is 0 Å². The molecule has 0 saturated carbocycles. The molecule has 0 radical (unpaired) electrons. The number of nitrogens with two attached hydrogens (primary N) is 1. The van der Waals surface area contributed by atoms with E-state index in [1.165, 1.54) is 43.3 Å². The highest BCUT2D eigenvalue weighted by atomic mass is 16.4. The van der Waals surface area contributed by atoms with E-state index in [2.05, 4.69) is 16.0 Å². The van der Waals surface area contributed by atoms with Crippen LogP contribution in [0.5, 0.6) is 11.5 Å². The fourth-order valence-electron chi connectivity index (χ4n) is 3.18. The zero-order valence-electron chi connectivity index (χ0n) is 19.5. The average Bonchev–Trinajstić information content (AvgIpc) is 2.84. The third kappa shape index (κ3) is 8.56. The lowest BCUT2D eigenvalue weighted by Gasteiger charge is -2.24. The first-order valence-corrected chi connectivity index (χ1v) is 11.1. The van der Waals surface area contributed by atoms with Gasteiger partial charge in [0.15, 0.2) is 0 Å². The van der Waals surface area contributed by atoms with Crippen LogP contribution in [-0.4, -0.2) is 74.9 Å². The molecule has 3 amide bonds. The Morgan fingerprint density at radius 1 is 0.750 bits per heavy atom. The number of nitrogens with one attached hydrogen (secondary N) is 3. The van der Waals surface area contributed by atoms with Gasteiger partial charge < -0.3 is 42.1 Å². The van der Waals surface area contributed by atoms with Gasteiger partial charge in [-0.05, 0) is 48.7 Å². The average molecular weight is 503 g/mol. The summed E-state index contributed by atoms with van der Waals surface area (Å²) < 4.78 is 0. The summed E-state index contributed by atoms with van der Waals surface area (Å²) in [6.07, 6.45) is 0.0431. The molecule has 0 aromatic heterocycles. The van der Waals surface area contributed by atoms with E-state index in [0.717, 1.165) is 0 Å². The van der Waals surface area contributed by atoms with Gasteiger partial charge in [-0.25, -0.2) is 0 Å². The highest BCUT2D eigenvalue weighted by Crippen LogP contribution is 2.12. The first-order chi connectivity index (χ1) is 17.0. The summed E-state index contributed by atoms with van der Waals surface area (Å²) in [4.78, 5) is 49.2. The molecule has 0 fully saturated rings. The Kier molecular flexibility index (Phi) is 10.2. The number of aliphatic hydroxyl groups excluding tert-OH is 1. The van der Waals surface area contributed by atoms with E-state index in [1.807, 2.05) is 0 Å². The molecule has 36 heavy (non-hydrogen) atoms. The Hall–Kier alpha value is -4.16. The molecule has 2 aromatic carbocycles. The topological polar surface area (TPSA) is 211 Å². The smallest absolute Gasteiger partial charge is 0.325 e. The largest absolute Gasteiger partial charge is 0.508 e. The minimum atomic E-state index is -1.43. The third-order valence-corrected chi connectivity index (χ3v) is 5.28. The molecule has 2 rings (SSSR count). The molecule has 0 aliphatic rings. The second-order valence-corrected chi connectivity index (χ2v) is 8.22. The fourth-order valence-corrected chi connectivity index (χ4v) is 3.18. The highest BCUT2D eigenvalue weighted by molar-refractivity contribution is 5.94. The van der Waals surface area contributed by atoms with Gasteiger partial charge >= 0.3 is 5.97 Å². The van der Waals surface area contributed by atoms with E-state index < -0.39 is 54.5 Å². The summed E-state index contributed by atoms with van der Waals surface area (Å²) >= 11 is 0. The number of rotatable bonds is 12. The maximum atomic E-state index is 12.8. The van der Waals surface area contributed by atoms with Crippen LogP contribution in [0.2, 0.25) is 0 Å². The van der Waals surface area contributed by atoms with Gasteiger partial charge in [0, 0.05) is 6.42 Å². The van der Waals surface area contributed by atoms with Gasteiger partial charge in [0.2, 0.25) is 17.7 Å². The predicted molar refractivity (Wildman–Crippen MR) is 128 cm³/mol. The first-order valence-electron chi connectivity index (χ1n) is 11.1. The summed E-state index contributed by atoms with van der Waals surface area (Å²) in [7, 11) is 0. The van der Waals surface area contributed by atoms with Crippen LogP contribution in [0.15, 0.2) is 48.5 Å². The SMILES string of the molecule is CC(NC(=O)C(Cc1ccc(O)cc1)NC(=O)C(CO)NC(=O)C(N)Cc1ccc(O)cc1)C(=O)O.